The second-order valence-corrected chi connectivity index (χ2v) is 6.62. The highest BCUT2D eigenvalue weighted by Gasteiger charge is 2.16. The number of hydrogen-bond donors (Lipinski definition) is 1. The summed E-state index contributed by atoms with van der Waals surface area (Å²) < 4.78 is 3.96. The Balaban J connectivity index is 2.00. The van der Waals surface area contributed by atoms with Crippen LogP contribution in [-0.2, 0) is 14.1 Å². The molecule has 0 spiro atoms. The maximum Gasteiger partial charge on any atom is 0.244 e. The van der Waals surface area contributed by atoms with Gasteiger partial charge in [-0.3, -0.25) is 0 Å². The molecule has 6 nitrogen and oxygen atoms in total. The number of fused-ring (bicyclic) bond motifs is 1. The number of aryl methyl sites for hydroxylation is 2. The topological polar surface area (TPSA) is 62.8 Å². The van der Waals surface area contributed by atoms with Crippen molar-refractivity contribution >= 4 is 51.3 Å². The molecule has 2 aromatic carbocycles. The molecule has 1 aromatic heterocycles. The molecule has 26 heavy (non-hydrogen) atoms. The van der Waals surface area contributed by atoms with E-state index in [4.69, 9.17) is 28.9 Å². The number of rotatable bonds is 3. The number of hydrogen-bond acceptors (Lipinski definition) is 4. The Morgan fingerprint density at radius 3 is 2.58 bits per heavy atom. The van der Waals surface area contributed by atoms with Crippen LogP contribution in [0.15, 0.2) is 46.9 Å². The monoisotopic (exact) mass is 387 g/mol. The van der Waals surface area contributed by atoms with Crippen molar-refractivity contribution in [1.29, 1.82) is 0 Å². The van der Waals surface area contributed by atoms with Crippen LogP contribution in [0.1, 0.15) is 0 Å². The zero-order valence-corrected chi connectivity index (χ0v) is 16.0. The van der Waals surface area contributed by atoms with Crippen LogP contribution in [-0.4, -0.2) is 11.6 Å². The van der Waals surface area contributed by atoms with Crippen LogP contribution in [0.3, 0.4) is 0 Å². The Bertz CT molecular complexity index is 1070. The molecular weight excluding hydrogens is 371 g/mol. The van der Waals surface area contributed by atoms with Crippen LogP contribution in [0, 0.1) is 12.1 Å². The van der Waals surface area contributed by atoms with Gasteiger partial charge < -0.3 is 10.6 Å². The first-order valence-corrected chi connectivity index (χ1v) is 8.46. The van der Waals surface area contributed by atoms with Gasteiger partial charge in [0.1, 0.15) is 11.4 Å². The van der Waals surface area contributed by atoms with E-state index in [2.05, 4.69) is 22.3 Å². The van der Waals surface area contributed by atoms with Gasteiger partial charge >= 0.3 is 0 Å². The molecule has 0 aliphatic rings. The van der Waals surface area contributed by atoms with E-state index < -0.39 is 0 Å². The van der Waals surface area contributed by atoms with Crippen LogP contribution >= 0.6 is 23.2 Å². The number of nitrogens with two attached hydrogens (primary N) is 1. The molecular formula is C18H17Cl2N6+. The first kappa shape index (κ1) is 18.1. The largest absolute Gasteiger partial charge is 0.358 e. The van der Waals surface area contributed by atoms with Gasteiger partial charge in [0.25, 0.3) is 0 Å². The van der Waals surface area contributed by atoms with E-state index in [1.54, 1.807) is 30.1 Å². The minimum absolute atomic E-state index is 0.465. The third-order valence-electron chi connectivity index (χ3n) is 3.93. The van der Waals surface area contributed by atoms with Gasteiger partial charge in [-0.2, -0.15) is 0 Å². The summed E-state index contributed by atoms with van der Waals surface area (Å²) in [6, 6.07) is 14.1. The number of aromatic nitrogens is 2. The molecule has 0 fully saturated rings. The van der Waals surface area contributed by atoms with Gasteiger partial charge in [0.2, 0.25) is 11.8 Å². The summed E-state index contributed by atoms with van der Waals surface area (Å²) >= 11 is 12.6. The van der Waals surface area contributed by atoms with Crippen molar-refractivity contribution in [3.8, 4) is 12.1 Å². The summed E-state index contributed by atoms with van der Waals surface area (Å²) in [5, 5.41) is 9.73. The van der Waals surface area contributed by atoms with Crippen molar-refractivity contribution in [3.63, 3.8) is 0 Å². The summed E-state index contributed by atoms with van der Waals surface area (Å²) in [4.78, 5) is 1.68. The Hall–Kier alpha value is -2.75. The molecule has 0 atom stereocenters. The molecule has 0 unspecified atom stereocenters. The maximum atomic E-state index is 6.33. The highest BCUT2D eigenvalue weighted by Crippen LogP contribution is 2.33. The van der Waals surface area contributed by atoms with E-state index in [1.807, 2.05) is 41.7 Å². The van der Waals surface area contributed by atoms with E-state index in [0.717, 1.165) is 16.7 Å². The molecule has 8 heteroatoms. The maximum absolute atomic E-state index is 6.33. The van der Waals surface area contributed by atoms with E-state index in [1.165, 1.54) is 0 Å². The van der Waals surface area contributed by atoms with E-state index >= 15 is 0 Å². The fourth-order valence-corrected chi connectivity index (χ4v) is 3.13. The molecule has 0 aliphatic heterocycles. The molecule has 0 bridgehead atoms. The van der Waals surface area contributed by atoms with Gasteiger partial charge in [-0.05, 0) is 24.3 Å². The lowest BCUT2D eigenvalue weighted by molar-refractivity contribution is -0.645. The smallest absolute Gasteiger partial charge is 0.244 e. The third-order valence-corrected chi connectivity index (χ3v) is 4.45. The fraction of sp³-hybridized carbons (Fsp3) is 0.167. The lowest BCUT2D eigenvalue weighted by Gasteiger charge is -2.11. The lowest BCUT2D eigenvalue weighted by Crippen LogP contribution is -2.25. The van der Waals surface area contributed by atoms with Crippen LogP contribution in [0.2, 0.25) is 10.0 Å². The molecule has 0 saturated carbocycles. The molecule has 3 aromatic rings. The predicted octanol–water partition coefficient (Wildman–Crippen LogP) is 4.04. The van der Waals surface area contributed by atoms with E-state index in [9.17, 15) is 0 Å². The molecule has 1 heterocycles. The van der Waals surface area contributed by atoms with Crippen molar-refractivity contribution in [1.82, 2.24) is 4.57 Å². The van der Waals surface area contributed by atoms with Gasteiger partial charge in [-0.25, -0.2) is 9.13 Å². The fourth-order valence-electron chi connectivity index (χ4n) is 2.71. The minimum Gasteiger partial charge on any atom is -0.358 e. The molecule has 0 amide bonds. The Morgan fingerprint density at radius 2 is 1.88 bits per heavy atom. The van der Waals surface area contributed by atoms with Gasteiger partial charge in [0, 0.05) is 30.2 Å². The second-order valence-electron chi connectivity index (χ2n) is 5.78. The van der Waals surface area contributed by atoms with E-state index in [-0.39, 0.29) is 0 Å². The number of nitrogens with zero attached hydrogens (tertiary/aromatic N) is 5. The quantitative estimate of drug-likeness (QED) is 0.319. The zero-order valence-electron chi connectivity index (χ0n) is 14.5. The zero-order chi connectivity index (χ0) is 18.8. The van der Waals surface area contributed by atoms with E-state index in [0.29, 0.717) is 21.4 Å². The van der Waals surface area contributed by atoms with Crippen molar-refractivity contribution in [3.05, 3.63) is 46.7 Å². The summed E-state index contributed by atoms with van der Waals surface area (Å²) in [7, 11) is 5.70. The highest BCUT2D eigenvalue weighted by atomic mass is 35.5. The predicted molar refractivity (Wildman–Crippen MR) is 105 cm³/mol. The first-order chi connectivity index (χ1) is 12.4. The average molecular weight is 388 g/mol. The molecule has 0 saturated heterocycles. The Morgan fingerprint density at radius 1 is 1.15 bits per heavy atom. The van der Waals surface area contributed by atoms with Crippen LogP contribution in [0.4, 0.5) is 17.1 Å². The van der Waals surface area contributed by atoms with Crippen LogP contribution in [0.25, 0.3) is 11.0 Å². The molecule has 2 N–H and O–H groups in total. The summed E-state index contributed by atoms with van der Waals surface area (Å²) in [5.41, 5.74) is 9.17. The van der Waals surface area contributed by atoms with Crippen LogP contribution in [0.5, 0.6) is 0 Å². The third kappa shape index (κ3) is 3.45. The normalized spacial score (nSPS) is 11.0. The minimum atomic E-state index is 0.465. The summed E-state index contributed by atoms with van der Waals surface area (Å²) in [6.45, 7) is 0. The highest BCUT2D eigenvalue weighted by molar-refractivity contribution is 6.33. The lowest BCUT2D eigenvalue weighted by atomic mass is 10.2. The number of halogens is 2. The Kier molecular flexibility index (Phi) is 5.03. The van der Waals surface area contributed by atoms with Gasteiger partial charge in [0.15, 0.2) is 5.52 Å². The number of benzene rings is 2. The molecule has 0 radical (unpaired) electrons. The standard InChI is InChI=1S/C18H17Cl2N6/c1-24(7-6-21)13-4-5-15(14(20)10-13)22-23-16-8-12(19)9-17-18(16)26(3)11-25(17)2/h4-5,8-11H,21H2,1-3H3/q+1. The average Bonchev–Trinajstić information content (AvgIpc) is 2.87. The molecule has 3 rings (SSSR count). The first-order valence-electron chi connectivity index (χ1n) is 7.71. The van der Waals surface area contributed by atoms with Crippen molar-refractivity contribution in [2.75, 3.05) is 11.9 Å². The SMILES string of the molecule is CN(C#CN)c1ccc(N=Nc2cc(Cl)cc3c2[n+](C)cn3C)c(Cl)c1. The summed E-state index contributed by atoms with van der Waals surface area (Å²) in [6.07, 6.45) is 1.95. The van der Waals surface area contributed by atoms with Crippen molar-refractivity contribution in [2.24, 2.45) is 30.1 Å². The number of anilines is 1. The Labute approximate surface area is 161 Å². The summed E-state index contributed by atoms with van der Waals surface area (Å²) in [5.74, 6) is 0. The van der Waals surface area contributed by atoms with Crippen LogP contribution < -0.4 is 15.2 Å². The molecule has 132 valence electrons. The van der Waals surface area contributed by atoms with Gasteiger partial charge in [-0.15, -0.1) is 10.2 Å². The van der Waals surface area contributed by atoms with Gasteiger partial charge in [0.05, 0.1) is 24.8 Å². The number of imidazole rings is 1. The second kappa shape index (κ2) is 7.24. The number of azo groups is 1. The molecule has 0 aliphatic carbocycles. The van der Waals surface area contributed by atoms with Gasteiger partial charge in [-0.1, -0.05) is 23.2 Å². The van der Waals surface area contributed by atoms with Crippen molar-refractivity contribution < 1.29 is 4.57 Å². The van der Waals surface area contributed by atoms with Crippen molar-refractivity contribution in [2.45, 2.75) is 0 Å².